The maximum Gasteiger partial charge on any atom is 0.334 e. The van der Waals surface area contributed by atoms with E-state index >= 15 is 0 Å². The molecule has 0 aromatic rings. The lowest BCUT2D eigenvalue weighted by atomic mass is 9.74. The molecule has 122 valence electrons. The second kappa shape index (κ2) is 5.00. The van der Waals surface area contributed by atoms with Crippen molar-refractivity contribution in [3.8, 4) is 0 Å². The number of hydrogen-bond donors (Lipinski definition) is 0. The van der Waals surface area contributed by atoms with E-state index in [0.717, 1.165) is 19.3 Å². The van der Waals surface area contributed by atoms with E-state index in [1.165, 1.54) is 13.2 Å². The summed E-state index contributed by atoms with van der Waals surface area (Å²) in [6, 6.07) is 0. The average molecular weight is 308 g/mol. The molecule has 3 fully saturated rings. The van der Waals surface area contributed by atoms with Crippen LogP contribution in [0.4, 0.5) is 0 Å². The summed E-state index contributed by atoms with van der Waals surface area (Å²) in [5, 5.41) is 0. The number of methoxy groups -OCH3 is 1. The van der Waals surface area contributed by atoms with Gasteiger partial charge in [-0.1, -0.05) is 27.2 Å². The molecule has 0 aromatic heterocycles. The number of hydrogen-bond acceptors (Lipinski definition) is 5. The van der Waals surface area contributed by atoms with E-state index in [0.29, 0.717) is 18.1 Å². The molecule has 0 aromatic carbocycles. The Hall–Kier alpha value is -1.52. The van der Waals surface area contributed by atoms with Crippen LogP contribution in [0.25, 0.3) is 0 Å². The van der Waals surface area contributed by atoms with Gasteiger partial charge in [0, 0.05) is 0 Å². The third kappa shape index (κ3) is 1.71. The topological polar surface area (TPSA) is 61.8 Å². The zero-order valence-corrected chi connectivity index (χ0v) is 13.7. The Morgan fingerprint density at radius 2 is 2.05 bits per heavy atom. The van der Waals surface area contributed by atoms with Crippen LogP contribution in [0.2, 0.25) is 0 Å². The second-order valence-corrected chi connectivity index (χ2v) is 6.59. The molecule has 5 nitrogen and oxygen atoms in total. The Morgan fingerprint density at radius 1 is 1.32 bits per heavy atom. The number of esters is 2. The lowest BCUT2D eigenvalue weighted by molar-refractivity contribution is -0.151. The highest BCUT2D eigenvalue weighted by Crippen LogP contribution is 2.66. The summed E-state index contributed by atoms with van der Waals surface area (Å²) >= 11 is 0. The second-order valence-electron chi connectivity index (χ2n) is 6.59. The van der Waals surface area contributed by atoms with Crippen LogP contribution in [0.3, 0.4) is 0 Å². The first-order valence-corrected chi connectivity index (χ1v) is 8.20. The van der Waals surface area contributed by atoms with Crippen molar-refractivity contribution < 1.29 is 23.8 Å². The molecule has 0 unspecified atom stereocenters. The van der Waals surface area contributed by atoms with Crippen LogP contribution in [0, 0.1) is 17.8 Å². The van der Waals surface area contributed by atoms with Gasteiger partial charge in [-0.2, -0.15) is 0 Å². The van der Waals surface area contributed by atoms with E-state index in [9.17, 15) is 9.59 Å². The fourth-order valence-electron chi connectivity index (χ4n) is 4.88. The van der Waals surface area contributed by atoms with Gasteiger partial charge in [0.25, 0.3) is 0 Å². The molecule has 1 aliphatic carbocycles. The van der Waals surface area contributed by atoms with Gasteiger partial charge >= 0.3 is 11.9 Å². The Kier molecular flexibility index (Phi) is 3.49. The molecule has 0 radical (unpaired) electrons. The molecule has 2 aliphatic heterocycles. The molecule has 0 bridgehead atoms. The van der Waals surface area contributed by atoms with E-state index in [-0.39, 0.29) is 17.8 Å². The van der Waals surface area contributed by atoms with Gasteiger partial charge in [-0.25, -0.2) is 4.79 Å². The SMILES string of the molecule is CC[C@H]1C[C@]2(CC)O/C(=C\C(=O)OC)[C@]3(CC)OC(=O)[C@H]1[C@H]23. The van der Waals surface area contributed by atoms with Crippen LogP contribution in [0.15, 0.2) is 11.8 Å². The standard InChI is InChI=1S/C17H24O5/c1-5-10-9-16(6-2)14-13(10)15(19)22-17(14,7-3)11(21-16)8-12(18)20-4/h8,10,13-14H,5-7,9H2,1-4H3/b11-8-/t10-,13+,14+,16-,17-/m0/s1. The van der Waals surface area contributed by atoms with Crippen LogP contribution in [0.5, 0.6) is 0 Å². The minimum Gasteiger partial charge on any atom is -0.487 e. The predicted octanol–water partition coefficient (Wildman–Crippen LogP) is 2.59. The number of rotatable bonds is 4. The van der Waals surface area contributed by atoms with E-state index in [4.69, 9.17) is 14.2 Å². The lowest BCUT2D eigenvalue weighted by Crippen LogP contribution is -2.40. The van der Waals surface area contributed by atoms with Crippen molar-refractivity contribution in [1.29, 1.82) is 0 Å². The highest BCUT2D eigenvalue weighted by Gasteiger charge is 2.75. The van der Waals surface area contributed by atoms with Crippen molar-refractivity contribution in [3.05, 3.63) is 11.8 Å². The van der Waals surface area contributed by atoms with Gasteiger partial charge < -0.3 is 14.2 Å². The van der Waals surface area contributed by atoms with Crippen molar-refractivity contribution in [2.75, 3.05) is 7.11 Å². The van der Waals surface area contributed by atoms with Crippen molar-refractivity contribution in [2.45, 2.75) is 57.7 Å². The number of carbonyl (C=O) groups is 2. The first kappa shape index (κ1) is 15.4. The molecule has 0 N–H and O–H groups in total. The maximum absolute atomic E-state index is 12.5. The minimum atomic E-state index is -0.796. The normalized spacial score (nSPS) is 43.9. The Balaban J connectivity index is 2.11. The highest BCUT2D eigenvalue weighted by atomic mass is 16.6. The molecular formula is C17H24O5. The van der Waals surface area contributed by atoms with E-state index in [1.54, 1.807) is 0 Å². The minimum absolute atomic E-state index is 0.00311. The lowest BCUT2D eigenvalue weighted by Gasteiger charge is -2.28. The van der Waals surface area contributed by atoms with Crippen molar-refractivity contribution in [1.82, 2.24) is 0 Å². The van der Waals surface area contributed by atoms with Crippen LogP contribution in [-0.2, 0) is 23.8 Å². The maximum atomic E-state index is 12.5. The van der Waals surface area contributed by atoms with Crippen LogP contribution in [0.1, 0.15) is 46.5 Å². The molecule has 5 atom stereocenters. The van der Waals surface area contributed by atoms with E-state index in [2.05, 4.69) is 13.8 Å². The molecule has 3 rings (SSSR count). The summed E-state index contributed by atoms with van der Waals surface area (Å²) in [5.41, 5.74) is -1.19. The predicted molar refractivity (Wildman–Crippen MR) is 78.7 cm³/mol. The molecule has 2 heterocycles. The van der Waals surface area contributed by atoms with E-state index in [1.807, 2.05) is 6.92 Å². The van der Waals surface area contributed by atoms with Gasteiger partial charge in [0.2, 0.25) is 0 Å². The van der Waals surface area contributed by atoms with Gasteiger partial charge in [0.15, 0.2) is 5.60 Å². The quantitative estimate of drug-likeness (QED) is 0.590. The van der Waals surface area contributed by atoms with Gasteiger partial charge in [-0.05, 0) is 25.2 Å². The largest absolute Gasteiger partial charge is 0.487 e. The molecule has 1 saturated carbocycles. The third-order valence-corrected chi connectivity index (χ3v) is 5.93. The number of carbonyl (C=O) groups excluding carboxylic acids is 2. The first-order valence-electron chi connectivity index (χ1n) is 8.20. The fraction of sp³-hybridized carbons (Fsp3) is 0.765. The monoisotopic (exact) mass is 308 g/mol. The fourth-order valence-corrected chi connectivity index (χ4v) is 4.88. The van der Waals surface area contributed by atoms with Crippen LogP contribution >= 0.6 is 0 Å². The highest BCUT2D eigenvalue weighted by molar-refractivity contribution is 5.84. The van der Waals surface area contributed by atoms with Gasteiger partial charge in [0.05, 0.1) is 25.0 Å². The van der Waals surface area contributed by atoms with Crippen molar-refractivity contribution >= 4 is 11.9 Å². The van der Waals surface area contributed by atoms with Crippen molar-refractivity contribution in [2.24, 2.45) is 17.8 Å². The molecule has 3 aliphatic rings. The summed E-state index contributed by atoms with van der Waals surface area (Å²) in [4.78, 5) is 24.2. The smallest absolute Gasteiger partial charge is 0.334 e. The molecule has 5 heteroatoms. The summed E-state index contributed by atoms with van der Waals surface area (Å²) in [5.74, 6) is 0.0511. The van der Waals surface area contributed by atoms with Crippen LogP contribution < -0.4 is 0 Å². The molecule has 22 heavy (non-hydrogen) atoms. The first-order chi connectivity index (χ1) is 10.5. The zero-order chi connectivity index (χ0) is 16.1. The van der Waals surface area contributed by atoms with Gasteiger partial charge in [0.1, 0.15) is 11.4 Å². The Morgan fingerprint density at radius 3 is 2.59 bits per heavy atom. The summed E-state index contributed by atoms with van der Waals surface area (Å²) in [6.45, 7) is 6.17. The van der Waals surface area contributed by atoms with Gasteiger partial charge in [-0.3, -0.25) is 4.79 Å². The molecular weight excluding hydrogens is 284 g/mol. The Labute approximate surface area is 131 Å². The molecule has 0 spiro atoms. The summed E-state index contributed by atoms with van der Waals surface area (Å²) in [6.07, 6.45) is 4.57. The van der Waals surface area contributed by atoms with E-state index < -0.39 is 17.2 Å². The average Bonchev–Trinajstić information content (AvgIpc) is 3.10. The summed E-state index contributed by atoms with van der Waals surface area (Å²) in [7, 11) is 1.33. The number of ether oxygens (including phenoxy) is 3. The molecule has 2 saturated heterocycles. The zero-order valence-electron chi connectivity index (χ0n) is 13.7. The van der Waals surface area contributed by atoms with Gasteiger partial charge in [-0.15, -0.1) is 0 Å². The Bertz CT molecular complexity index is 539. The molecule has 0 amide bonds. The van der Waals surface area contributed by atoms with Crippen LogP contribution in [-0.4, -0.2) is 30.3 Å². The third-order valence-electron chi connectivity index (χ3n) is 5.93. The van der Waals surface area contributed by atoms with Crippen molar-refractivity contribution in [3.63, 3.8) is 0 Å². The summed E-state index contributed by atoms with van der Waals surface area (Å²) < 4.78 is 16.8.